The summed E-state index contributed by atoms with van der Waals surface area (Å²) in [6.07, 6.45) is 0. The summed E-state index contributed by atoms with van der Waals surface area (Å²) in [7, 11) is 0. The molecule has 0 aliphatic heterocycles. The molecule has 1 heterocycles. The van der Waals surface area contributed by atoms with E-state index in [0.29, 0.717) is 12.2 Å². The number of benzene rings is 1. The number of rotatable bonds is 3. The van der Waals surface area contributed by atoms with E-state index >= 15 is 0 Å². The van der Waals surface area contributed by atoms with Crippen LogP contribution in [0.25, 0.3) is 0 Å². The maximum Gasteiger partial charge on any atom is 0.276 e. The smallest absolute Gasteiger partial charge is 0.276 e. The van der Waals surface area contributed by atoms with Crippen LogP contribution in [0, 0.1) is 0 Å². The van der Waals surface area contributed by atoms with Gasteiger partial charge in [-0.3, -0.25) is 9.59 Å². The van der Waals surface area contributed by atoms with Crippen molar-refractivity contribution in [1.82, 2.24) is 9.78 Å². The molecule has 92 valence electrons. The summed E-state index contributed by atoms with van der Waals surface area (Å²) in [6.45, 7) is 2.23. The van der Waals surface area contributed by atoms with Crippen molar-refractivity contribution in [3.8, 4) is 0 Å². The Balaban J connectivity index is 2.22. The summed E-state index contributed by atoms with van der Waals surface area (Å²) in [6, 6.07) is 11.9. The zero-order valence-corrected chi connectivity index (χ0v) is 9.96. The van der Waals surface area contributed by atoms with E-state index in [1.54, 1.807) is 19.1 Å². The molecule has 0 saturated heterocycles. The van der Waals surface area contributed by atoms with E-state index in [-0.39, 0.29) is 17.2 Å². The molecule has 5 heteroatoms. The van der Waals surface area contributed by atoms with Crippen LogP contribution in [0.1, 0.15) is 17.4 Å². The third kappa shape index (κ3) is 2.63. The van der Waals surface area contributed by atoms with Crippen LogP contribution in [-0.2, 0) is 6.54 Å². The van der Waals surface area contributed by atoms with Gasteiger partial charge in [-0.1, -0.05) is 18.2 Å². The molecule has 0 bridgehead atoms. The molecule has 0 saturated carbocycles. The standard InChI is InChI=1S/C13H13N3O2/c1-2-16-12(17)9-8-11(15-16)13(18)14-10-6-4-3-5-7-10/h3-9H,2H2,1H3,(H,14,18). The largest absolute Gasteiger partial charge is 0.321 e. The number of aromatic nitrogens is 2. The molecule has 0 aliphatic carbocycles. The van der Waals surface area contributed by atoms with Crippen molar-refractivity contribution in [2.45, 2.75) is 13.5 Å². The third-order valence-corrected chi connectivity index (χ3v) is 2.43. The zero-order chi connectivity index (χ0) is 13.0. The van der Waals surface area contributed by atoms with E-state index in [1.807, 2.05) is 18.2 Å². The topological polar surface area (TPSA) is 64.0 Å². The van der Waals surface area contributed by atoms with E-state index in [2.05, 4.69) is 10.4 Å². The number of carbonyl (C=O) groups is 1. The van der Waals surface area contributed by atoms with Gasteiger partial charge in [-0.25, -0.2) is 4.68 Å². The Labute approximate surface area is 104 Å². The highest BCUT2D eigenvalue weighted by Crippen LogP contribution is 2.06. The van der Waals surface area contributed by atoms with Gasteiger partial charge in [0.2, 0.25) is 0 Å². The predicted molar refractivity (Wildman–Crippen MR) is 68.6 cm³/mol. The van der Waals surface area contributed by atoms with Gasteiger partial charge in [0.05, 0.1) is 0 Å². The van der Waals surface area contributed by atoms with E-state index in [9.17, 15) is 9.59 Å². The summed E-state index contributed by atoms with van der Waals surface area (Å²) in [4.78, 5) is 23.3. The summed E-state index contributed by atoms with van der Waals surface area (Å²) in [5.41, 5.74) is 0.701. The van der Waals surface area contributed by atoms with E-state index in [1.165, 1.54) is 16.8 Å². The average molecular weight is 243 g/mol. The number of hydrogen-bond donors (Lipinski definition) is 1. The lowest BCUT2D eigenvalue weighted by Crippen LogP contribution is -2.25. The van der Waals surface area contributed by atoms with Crippen molar-refractivity contribution in [2.75, 3.05) is 5.32 Å². The van der Waals surface area contributed by atoms with Crippen molar-refractivity contribution < 1.29 is 4.79 Å². The van der Waals surface area contributed by atoms with Crippen LogP contribution >= 0.6 is 0 Å². The molecular formula is C13H13N3O2. The minimum Gasteiger partial charge on any atom is -0.321 e. The molecule has 18 heavy (non-hydrogen) atoms. The van der Waals surface area contributed by atoms with Crippen LogP contribution in [0.5, 0.6) is 0 Å². The first-order valence-electron chi connectivity index (χ1n) is 5.65. The third-order valence-electron chi connectivity index (χ3n) is 2.43. The second-order valence-electron chi connectivity index (χ2n) is 3.69. The first kappa shape index (κ1) is 12.0. The normalized spacial score (nSPS) is 10.1. The Morgan fingerprint density at radius 1 is 1.22 bits per heavy atom. The molecule has 0 spiro atoms. The maximum atomic E-state index is 11.9. The van der Waals surface area contributed by atoms with Gasteiger partial charge in [-0.15, -0.1) is 0 Å². The fourth-order valence-corrected chi connectivity index (χ4v) is 1.51. The Hall–Kier alpha value is -2.43. The van der Waals surface area contributed by atoms with Crippen molar-refractivity contribution in [3.63, 3.8) is 0 Å². The number of para-hydroxylation sites is 1. The van der Waals surface area contributed by atoms with Gasteiger partial charge < -0.3 is 5.32 Å². The highest BCUT2D eigenvalue weighted by atomic mass is 16.2. The van der Waals surface area contributed by atoms with Gasteiger partial charge in [0, 0.05) is 18.3 Å². The molecule has 0 radical (unpaired) electrons. The van der Waals surface area contributed by atoms with Crippen molar-refractivity contribution >= 4 is 11.6 Å². The van der Waals surface area contributed by atoms with Gasteiger partial charge in [0.1, 0.15) is 5.69 Å². The number of aryl methyl sites for hydroxylation is 1. The lowest BCUT2D eigenvalue weighted by Gasteiger charge is -2.06. The van der Waals surface area contributed by atoms with Crippen LogP contribution < -0.4 is 10.9 Å². The van der Waals surface area contributed by atoms with Gasteiger partial charge in [-0.05, 0) is 25.1 Å². The molecule has 0 atom stereocenters. The highest BCUT2D eigenvalue weighted by molar-refractivity contribution is 6.02. The van der Waals surface area contributed by atoms with E-state index in [0.717, 1.165) is 0 Å². The fourth-order valence-electron chi connectivity index (χ4n) is 1.51. The second-order valence-corrected chi connectivity index (χ2v) is 3.69. The molecule has 0 unspecified atom stereocenters. The maximum absolute atomic E-state index is 11.9. The molecule has 1 N–H and O–H groups in total. The number of amides is 1. The highest BCUT2D eigenvalue weighted by Gasteiger charge is 2.09. The van der Waals surface area contributed by atoms with Gasteiger partial charge in [0.25, 0.3) is 11.5 Å². The first-order chi connectivity index (χ1) is 8.70. The van der Waals surface area contributed by atoms with Gasteiger partial charge in [-0.2, -0.15) is 5.10 Å². The molecule has 1 aromatic heterocycles. The van der Waals surface area contributed by atoms with Crippen LogP contribution in [0.15, 0.2) is 47.3 Å². The molecule has 1 aromatic carbocycles. The Morgan fingerprint density at radius 3 is 2.61 bits per heavy atom. The summed E-state index contributed by atoms with van der Waals surface area (Å²) < 4.78 is 1.25. The van der Waals surface area contributed by atoms with Crippen LogP contribution in [-0.4, -0.2) is 15.7 Å². The molecule has 0 fully saturated rings. The number of nitrogens with one attached hydrogen (secondary N) is 1. The zero-order valence-electron chi connectivity index (χ0n) is 9.96. The molecule has 2 aromatic rings. The van der Waals surface area contributed by atoms with Crippen LogP contribution in [0.2, 0.25) is 0 Å². The SMILES string of the molecule is CCn1nc(C(=O)Nc2ccccc2)ccc1=O. The van der Waals surface area contributed by atoms with E-state index < -0.39 is 0 Å². The number of carbonyl (C=O) groups excluding carboxylic acids is 1. The Kier molecular flexibility index (Phi) is 3.52. The monoisotopic (exact) mass is 243 g/mol. The number of nitrogens with zero attached hydrogens (tertiary/aromatic N) is 2. The number of hydrogen-bond acceptors (Lipinski definition) is 3. The number of anilines is 1. The lowest BCUT2D eigenvalue weighted by molar-refractivity contribution is 0.102. The quantitative estimate of drug-likeness (QED) is 0.888. The predicted octanol–water partition coefficient (Wildman–Crippen LogP) is 1.52. The summed E-state index contributed by atoms with van der Waals surface area (Å²) in [5.74, 6) is -0.330. The summed E-state index contributed by atoms with van der Waals surface area (Å²) in [5, 5.41) is 6.69. The van der Waals surface area contributed by atoms with Crippen LogP contribution in [0.4, 0.5) is 5.69 Å². The van der Waals surface area contributed by atoms with Crippen molar-refractivity contribution in [2.24, 2.45) is 0 Å². The Morgan fingerprint density at radius 2 is 1.94 bits per heavy atom. The first-order valence-corrected chi connectivity index (χ1v) is 5.65. The molecule has 0 aliphatic rings. The minimum atomic E-state index is -0.330. The van der Waals surface area contributed by atoms with E-state index in [4.69, 9.17) is 0 Å². The molecule has 5 nitrogen and oxygen atoms in total. The molecular weight excluding hydrogens is 230 g/mol. The van der Waals surface area contributed by atoms with Crippen molar-refractivity contribution in [3.05, 3.63) is 58.5 Å². The molecule has 1 amide bonds. The minimum absolute atomic E-state index is 0.214. The lowest BCUT2D eigenvalue weighted by atomic mass is 10.3. The fraction of sp³-hybridized carbons (Fsp3) is 0.154. The second kappa shape index (κ2) is 5.27. The summed E-state index contributed by atoms with van der Waals surface area (Å²) >= 11 is 0. The van der Waals surface area contributed by atoms with Crippen molar-refractivity contribution in [1.29, 1.82) is 0 Å². The average Bonchev–Trinajstić information content (AvgIpc) is 2.40. The van der Waals surface area contributed by atoms with Crippen LogP contribution in [0.3, 0.4) is 0 Å². The van der Waals surface area contributed by atoms with Gasteiger partial charge >= 0.3 is 0 Å². The van der Waals surface area contributed by atoms with Gasteiger partial charge in [0.15, 0.2) is 0 Å². The molecule has 2 rings (SSSR count). The Bertz CT molecular complexity index is 605.